The number of aliphatic imine (C=N–C) groups is 1. The molecule has 3 heterocycles. The number of thiophene rings is 1. The summed E-state index contributed by atoms with van der Waals surface area (Å²) >= 11 is 1.55. The number of aliphatic carboxylic acids is 1. The predicted octanol–water partition coefficient (Wildman–Crippen LogP) is 5.74. The van der Waals surface area contributed by atoms with Gasteiger partial charge in [-0.05, 0) is 44.0 Å². The number of carboxylic acid groups (broad SMARTS) is 1. The third kappa shape index (κ3) is 6.09. The van der Waals surface area contributed by atoms with E-state index in [1.807, 2.05) is 25.3 Å². The van der Waals surface area contributed by atoms with Crippen molar-refractivity contribution in [1.29, 1.82) is 0 Å². The fraction of sp³-hybridized carbons (Fsp3) is 0.276. The third-order valence-electron chi connectivity index (χ3n) is 6.84. The van der Waals surface area contributed by atoms with Crippen LogP contribution in [-0.2, 0) is 14.3 Å². The number of alkyl halides is 3. The van der Waals surface area contributed by atoms with Crippen LogP contribution in [0.2, 0.25) is 0 Å². The highest BCUT2D eigenvalue weighted by molar-refractivity contribution is 7.15. The number of methoxy groups -OCH3 is 1. The second-order valence-corrected chi connectivity index (χ2v) is 10.8. The average Bonchev–Trinajstić information content (AvgIpc) is 3.43. The van der Waals surface area contributed by atoms with Crippen molar-refractivity contribution in [2.75, 3.05) is 13.7 Å². The molecule has 0 saturated heterocycles. The van der Waals surface area contributed by atoms with E-state index in [0.29, 0.717) is 28.5 Å². The number of carbonyl (C=O) groups is 2. The van der Waals surface area contributed by atoms with Crippen LogP contribution in [0.3, 0.4) is 0 Å². The van der Waals surface area contributed by atoms with E-state index in [9.17, 15) is 22.8 Å². The van der Waals surface area contributed by atoms with Gasteiger partial charge in [-0.1, -0.05) is 24.3 Å². The first-order chi connectivity index (χ1) is 20.4. The molecule has 0 aliphatic carbocycles. The molecular weight excluding hydrogens is 589 g/mol. The highest BCUT2D eigenvalue weighted by Crippen LogP contribution is 2.41. The molecule has 2 aromatic carbocycles. The summed E-state index contributed by atoms with van der Waals surface area (Å²) < 4.78 is 55.9. The van der Waals surface area contributed by atoms with Crippen molar-refractivity contribution >= 4 is 29.0 Å². The summed E-state index contributed by atoms with van der Waals surface area (Å²) in [7, 11) is 1.30. The van der Waals surface area contributed by atoms with Crippen LogP contribution in [0.4, 0.5) is 13.2 Å². The predicted molar refractivity (Wildman–Crippen MR) is 150 cm³/mol. The zero-order valence-electron chi connectivity index (χ0n) is 23.4. The standard InChI is InChI=1S/C29H25F3N4O6S/c1-14-15(2)43-28-25(14)26(33-21(12-24(39)40-4)27-35-34-16(3)36(27)28)18-7-5-17(6-8-18)20-10-9-19(41-13-23(37)38)11-22(20)42-29(30,31)32/h5-11,21H,12-13H2,1-4H3,(H,37,38)/t21-/m0/s1. The molecule has 10 nitrogen and oxygen atoms in total. The van der Waals surface area contributed by atoms with E-state index in [1.54, 1.807) is 35.6 Å². The minimum absolute atomic E-state index is 0.0718. The second-order valence-electron chi connectivity index (χ2n) is 9.64. The van der Waals surface area contributed by atoms with E-state index in [0.717, 1.165) is 27.1 Å². The molecule has 0 saturated carbocycles. The lowest BCUT2D eigenvalue weighted by atomic mass is 9.96. The quantitative estimate of drug-likeness (QED) is 0.249. The van der Waals surface area contributed by atoms with Crippen molar-refractivity contribution in [2.24, 2.45) is 4.99 Å². The fourth-order valence-electron chi connectivity index (χ4n) is 4.76. The molecule has 4 aromatic rings. The number of ether oxygens (including phenoxy) is 3. The van der Waals surface area contributed by atoms with Crippen molar-refractivity contribution in [2.45, 2.75) is 39.6 Å². The van der Waals surface area contributed by atoms with Crippen molar-refractivity contribution in [3.63, 3.8) is 0 Å². The number of hydrogen-bond donors (Lipinski definition) is 1. The molecule has 43 heavy (non-hydrogen) atoms. The Balaban J connectivity index is 1.60. The molecule has 0 fully saturated rings. The Morgan fingerprint density at radius 1 is 1.05 bits per heavy atom. The van der Waals surface area contributed by atoms with E-state index in [2.05, 4.69) is 14.9 Å². The number of aromatic nitrogens is 3. The lowest BCUT2D eigenvalue weighted by Gasteiger charge is -2.16. The number of fused-ring (bicyclic) bond motifs is 3. The molecule has 224 valence electrons. The monoisotopic (exact) mass is 614 g/mol. The maximum Gasteiger partial charge on any atom is 0.573 e. The highest BCUT2D eigenvalue weighted by atomic mass is 32.1. The molecule has 2 aromatic heterocycles. The zero-order chi connectivity index (χ0) is 31.1. The molecule has 0 spiro atoms. The van der Waals surface area contributed by atoms with E-state index < -0.39 is 36.7 Å². The van der Waals surface area contributed by atoms with Gasteiger partial charge in [-0.25, -0.2) is 4.79 Å². The number of benzene rings is 2. The third-order valence-corrected chi connectivity index (χ3v) is 8.03. The molecule has 0 amide bonds. The smallest absolute Gasteiger partial charge is 0.482 e. The zero-order valence-corrected chi connectivity index (χ0v) is 24.2. The number of carbonyl (C=O) groups excluding carboxylic acids is 1. The summed E-state index contributed by atoms with van der Waals surface area (Å²) in [6, 6.07) is 9.74. The van der Waals surface area contributed by atoms with Gasteiger partial charge in [-0.3, -0.25) is 14.4 Å². The molecule has 5 rings (SSSR count). The Morgan fingerprint density at radius 2 is 1.74 bits per heavy atom. The van der Waals surface area contributed by atoms with Crippen LogP contribution in [0.15, 0.2) is 47.5 Å². The number of halogens is 3. The number of esters is 1. The summed E-state index contributed by atoms with van der Waals surface area (Å²) in [6.07, 6.45) is -5.07. The molecule has 14 heteroatoms. The fourth-order valence-corrected chi connectivity index (χ4v) is 5.97. The van der Waals surface area contributed by atoms with Crippen LogP contribution in [0.5, 0.6) is 11.5 Å². The SMILES string of the molecule is COC(=O)C[C@@H]1N=C(c2ccc(-c3ccc(OCC(=O)O)cc3OC(F)(F)F)cc2)c2c(sc(C)c2C)-n2c(C)nnc21. The molecule has 1 aliphatic rings. The van der Waals surface area contributed by atoms with Crippen molar-refractivity contribution in [3.05, 3.63) is 75.7 Å². The summed E-state index contributed by atoms with van der Waals surface area (Å²) in [6.45, 7) is 5.06. The van der Waals surface area contributed by atoms with Gasteiger partial charge >= 0.3 is 18.3 Å². The lowest BCUT2D eigenvalue weighted by molar-refractivity contribution is -0.274. The van der Waals surface area contributed by atoms with Crippen LogP contribution in [-0.4, -0.2) is 57.6 Å². The van der Waals surface area contributed by atoms with Crippen LogP contribution in [0.25, 0.3) is 16.1 Å². The largest absolute Gasteiger partial charge is 0.573 e. The molecule has 0 bridgehead atoms. The first-order valence-electron chi connectivity index (χ1n) is 12.9. The van der Waals surface area contributed by atoms with Gasteiger partial charge in [0, 0.05) is 27.6 Å². The second kappa shape index (κ2) is 11.5. The van der Waals surface area contributed by atoms with Gasteiger partial charge in [0.1, 0.15) is 28.4 Å². The van der Waals surface area contributed by atoms with Crippen LogP contribution < -0.4 is 9.47 Å². The van der Waals surface area contributed by atoms with E-state index in [4.69, 9.17) is 19.6 Å². The Kier molecular flexibility index (Phi) is 7.97. The number of nitrogens with zero attached hydrogens (tertiary/aromatic N) is 4. The molecule has 1 atom stereocenters. The molecular formula is C29H25F3N4O6S. The summed E-state index contributed by atoms with van der Waals surface area (Å²) in [5.74, 6) is -1.26. The number of rotatable bonds is 8. The number of hydrogen-bond acceptors (Lipinski definition) is 9. The molecule has 0 radical (unpaired) electrons. The van der Waals surface area contributed by atoms with Crippen LogP contribution >= 0.6 is 11.3 Å². The first-order valence-corrected chi connectivity index (χ1v) is 13.7. The summed E-state index contributed by atoms with van der Waals surface area (Å²) in [4.78, 5) is 29.2. The number of carboxylic acids is 1. The topological polar surface area (TPSA) is 125 Å². The molecule has 0 unspecified atom stereocenters. The van der Waals surface area contributed by atoms with E-state index in [1.165, 1.54) is 19.2 Å². The summed E-state index contributed by atoms with van der Waals surface area (Å²) in [5.41, 5.74) is 3.59. The van der Waals surface area contributed by atoms with Crippen LogP contribution in [0.1, 0.15) is 45.7 Å². The minimum atomic E-state index is -4.99. The maximum absolute atomic E-state index is 13.3. The Hall–Kier alpha value is -4.72. The lowest BCUT2D eigenvalue weighted by Crippen LogP contribution is -2.18. The maximum atomic E-state index is 13.3. The molecule has 1 aliphatic heterocycles. The van der Waals surface area contributed by atoms with Crippen molar-refractivity contribution < 1.29 is 42.1 Å². The molecule has 1 N–H and O–H groups in total. The Bertz CT molecular complexity index is 1740. The van der Waals surface area contributed by atoms with Gasteiger partial charge in [-0.2, -0.15) is 0 Å². The van der Waals surface area contributed by atoms with Gasteiger partial charge in [0.05, 0.1) is 19.2 Å². The Labute approximate surface area is 247 Å². The number of aryl methyl sites for hydroxylation is 2. The van der Waals surface area contributed by atoms with E-state index in [-0.39, 0.29) is 17.7 Å². The van der Waals surface area contributed by atoms with Crippen LogP contribution in [0, 0.1) is 20.8 Å². The first kappa shape index (κ1) is 29.8. The van der Waals surface area contributed by atoms with Crippen molar-refractivity contribution in [1.82, 2.24) is 14.8 Å². The van der Waals surface area contributed by atoms with Gasteiger partial charge in [0.15, 0.2) is 12.4 Å². The van der Waals surface area contributed by atoms with Gasteiger partial charge in [0.25, 0.3) is 0 Å². The van der Waals surface area contributed by atoms with E-state index >= 15 is 0 Å². The average molecular weight is 615 g/mol. The highest BCUT2D eigenvalue weighted by Gasteiger charge is 2.34. The van der Waals surface area contributed by atoms with Gasteiger partial charge < -0.3 is 19.3 Å². The summed E-state index contributed by atoms with van der Waals surface area (Å²) in [5, 5.41) is 18.3. The Morgan fingerprint density at radius 3 is 2.40 bits per heavy atom. The minimum Gasteiger partial charge on any atom is -0.482 e. The van der Waals surface area contributed by atoms with Crippen molar-refractivity contribution in [3.8, 4) is 27.6 Å². The van der Waals surface area contributed by atoms with Gasteiger partial charge in [-0.15, -0.1) is 34.7 Å². The van der Waals surface area contributed by atoms with Gasteiger partial charge in [0.2, 0.25) is 0 Å². The normalized spacial score (nSPS) is 14.3.